The van der Waals surface area contributed by atoms with E-state index in [1.54, 1.807) is 23.1 Å². The maximum Gasteiger partial charge on any atom is 0.258 e. The molecule has 0 unspecified atom stereocenters. The summed E-state index contributed by atoms with van der Waals surface area (Å²) >= 11 is 0. The molecule has 0 saturated carbocycles. The molecule has 2 amide bonds. The minimum Gasteiger partial charge on any atom is -0.312 e. The number of benzene rings is 2. The van der Waals surface area contributed by atoms with Gasteiger partial charge in [-0.15, -0.1) is 0 Å². The van der Waals surface area contributed by atoms with E-state index >= 15 is 0 Å². The van der Waals surface area contributed by atoms with Crippen LogP contribution in [0.5, 0.6) is 0 Å². The molecular weight excluding hydrogens is 350 g/mol. The smallest absolute Gasteiger partial charge is 0.258 e. The molecule has 2 aromatic carbocycles. The van der Waals surface area contributed by atoms with Gasteiger partial charge in [0.2, 0.25) is 5.91 Å². The third-order valence-electron chi connectivity index (χ3n) is 5.31. The molecule has 0 N–H and O–H groups in total. The Hall–Kier alpha value is -2.76. The Bertz CT molecular complexity index is 942. The first-order valence-corrected chi connectivity index (χ1v) is 9.22. The molecule has 2 heterocycles. The fourth-order valence-electron chi connectivity index (χ4n) is 3.96. The molecule has 2 aromatic rings. The number of carbonyl (C=O) groups is 2. The summed E-state index contributed by atoms with van der Waals surface area (Å²) in [6, 6.07) is 7.36. The van der Waals surface area contributed by atoms with Crippen molar-refractivity contribution in [1.29, 1.82) is 0 Å². The highest BCUT2D eigenvalue weighted by Gasteiger charge is 2.29. The Labute approximate surface area is 156 Å². The zero-order valence-corrected chi connectivity index (χ0v) is 15.1. The van der Waals surface area contributed by atoms with E-state index < -0.39 is 11.6 Å². The van der Waals surface area contributed by atoms with Crippen molar-refractivity contribution < 1.29 is 18.4 Å². The summed E-state index contributed by atoms with van der Waals surface area (Å²) in [4.78, 5) is 28.3. The molecule has 2 aliphatic rings. The van der Waals surface area contributed by atoms with Crippen LogP contribution in [0.25, 0.3) is 0 Å². The fraction of sp³-hybridized carbons (Fsp3) is 0.333. The maximum atomic E-state index is 14.1. The van der Waals surface area contributed by atoms with Gasteiger partial charge < -0.3 is 9.80 Å². The highest BCUT2D eigenvalue weighted by Crippen LogP contribution is 2.33. The number of hydrogen-bond donors (Lipinski definition) is 0. The molecule has 0 radical (unpaired) electrons. The van der Waals surface area contributed by atoms with E-state index in [-0.39, 0.29) is 11.8 Å². The van der Waals surface area contributed by atoms with Gasteiger partial charge in [-0.05, 0) is 49.1 Å². The monoisotopic (exact) mass is 370 g/mol. The number of amides is 2. The van der Waals surface area contributed by atoms with Crippen molar-refractivity contribution in [3.63, 3.8) is 0 Å². The van der Waals surface area contributed by atoms with Gasteiger partial charge in [0.1, 0.15) is 11.6 Å². The van der Waals surface area contributed by atoms with E-state index in [0.29, 0.717) is 55.6 Å². The molecular formula is C21H20F2N2O2. The second-order valence-electron chi connectivity index (χ2n) is 6.94. The summed E-state index contributed by atoms with van der Waals surface area (Å²) in [7, 11) is 0. The molecule has 0 atom stereocenters. The quantitative estimate of drug-likeness (QED) is 0.806. The van der Waals surface area contributed by atoms with Gasteiger partial charge in [0, 0.05) is 42.4 Å². The molecule has 0 saturated heterocycles. The summed E-state index contributed by atoms with van der Waals surface area (Å²) < 4.78 is 27.8. The van der Waals surface area contributed by atoms with Gasteiger partial charge in [-0.25, -0.2) is 8.78 Å². The van der Waals surface area contributed by atoms with E-state index in [4.69, 9.17) is 0 Å². The number of hydrogen-bond acceptors (Lipinski definition) is 2. The van der Waals surface area contributed by atoms with Gasteiger partial charge in [0.15, 0.2) is 0 Å². The predicted octanol–water partition coefficient (Wildman–Crippen LogP) is 3.86. The minimum atomic E-state index is -0.686. The molecule has 0 aromatic heterocycles. The second-order valence-corrected chi connectivity index (χ2v) is 6.94. The topological polar surface area (TPSA) is 40.6 Å². The zero-order chi connectivity index (χ0) is 19.1. The van der Waals surface area contributed by atoms with E-state index in [0.717, 1.165) is 17.3 Å². The van der Waals surface area contributed by atoms with Crippen molar-refractivity contribution in [2.45, 2.75) is 32.6 Å². The van der Waals surface area contributed by atoms with E-state index in [1.807, 2.05) is 6.92 Å². The average Bonchev–Trinajstić information content (AvgIpc) is 3.09. The number of nitrogens with zero attached hydrogens (tertiary/aromatic N) is 2. The SMILES string of the molecule is CCC(=O)N1CCc2cc(C(=O)N3CCCc4c(F)cc(F)cc43)ccc21. The molecule has 0 spiro atoms. The van der Waals surface area contributed by atoms with Gasteiger partial charge in [-0.3, -0.25) is 9.59 Å². The zero-order valence-electron chi connectivity index (χ0n) is 15.1. The van der Waals surface area contributed by atoms with Crippen LogP contribution in [-0.4, -0.2) is 24.9 Å². The van der Waals surface area contributed by atoms with Crippen molar-refractivity contribution in [2.75, 3.05) is 22.9 Å². The van der Waals surface area contributed by atoms with Gasteiger partial charge >= 0.3 is 0 Å². The molecule has 4 rings (SSSR count). The first-order valence-electron chi connectivity index (χ1n) is 9.22. The molecule has 0 fully saturated rings. The van der Waals surface area contributed by atoms with Crippen molar-refractivity contribution >= 4 is 23.2 Å². The van der Waals surface area contributed by atoms with Gasteiger partial charge in [-0.1, -0.05) is 6.92 Å². The third kappa shape index (κ3) is 2.99. The number of anilines is 2. The maximum absolute atomic E-state index is 14.1. The summed E-state index contributed by atoms with van der Waals surface area (Å²) in [5.41, 5.74) is 2.96. The summed E-state index contributed by atoms with van der Waals surface area (Å²) in [6.45, 7) is 2.86. The standard InChI is InChI=1S/C21H20F2N2O2/c1-2-20(26)24-9-7-13-10-14(5-6-18(13)24)21(27)25-8-3-4-16-17(23)11-15(22)12-19(16)25/h5-6,10-12H,2-4,7-9H2,1H3. The van der Waals surface area contributed by atoms with Crippen molar-refractivity contribution in [1.82, 2.24) is 0 Å². The minimum absolute atomic E-state index is 0.0590. The van der Waals surface area contributed by atoms with Crippen LogP contribution >= 0.6 is 0 Å². The summed E-state index contributed by atoms with van der Waals surface area (Å²) in [5.74, 6) is -1.51. The van der Waals surface area contributed by atoms with Crippen LogP contribution in [0.3, 0.4) is 0 Å². The number of carbonyl (C=O) groups excluding carboxylic acids is 2. The Morgan fingerprint density at radius 3 is 2.59 bits per heavy atom. The van der Waals surface area contributed by atoms with Crippen molar-refractivity contribution in [2.24, 2.45) is 0 Å². The summed E-state index contributed by atoms with van der Waals surface area (Å²) in [5, 5.41) is 0. The number of halogens is 2. The van der Waals surface area contributed by atoms with Crippen LogP contribution < -0.4 is 9.80 Å². The fourth-order valence-corrected chi connectivity index (χ4v) is 3.96. The highest BCUT2D eigenvalue weighted by atomic mass is 19.1. The molecule has 140 valence electrons. The summed E-state index contributed by atoms with van der Waals surface area (Å²) in [6.07, 6.45) is 2.25. The molecule has 0 aliphatic carbocycles. The van der Waals surface area contributed by atoms with Crippen LogP contribution in [0.15, 0.2) is 30.3 Å². The molecule has 2 aliphatic heterocycles. The molecule has 0 bridgehead atoms. The lowest BCUT2D eigenvalue weighted by Gasteiger charge is -2.30. The van der Waals surface area contributed by atoms with E-state index in [9.17, 15) is 18.4 Å². The largest absolute Gasteiger partial charge is 0.312 e. The molecule has 27 heavy (non-hydrogen) atoms. The third-order valence-corrected chi connectivity index (χ3v) is 5.31. The Kier molecular flexibility index (Phi) is 4.42. The highest BCUT2D eigenvalue weighted by molar-refractivity contribution is 6.07. The first kappa shape index (κ1) is 17.6. The van der Waals surface area contributed by atoms with Crippen LogP contribution in [0.1, 0.15) is 41.3 Å². The average molecular weight is 370 g/mol. The number of rotatable bonds is 2. The lowest BCUT2D eigenvalue weighted by Crippen LogP contribution is -2.36. The predicted molar refractivity (Wildman–Crippen MR) is 99.1 cm³/mol. The van der Waals surface area contributed by atoms with Crippen molar-refractivity contribution in [3.05, 3.63) is 58.7 Å². The Balaban J connectivity index is 1.67. The normalized spacial score (nSPS) is 15.5. The van der Waals surface area contributed by atoms with Crippen molar-refractivity contribution in [3.8, 4) is 0 Å². The van der Waals surface area contributed by atoms with E-state index in [2.05, 4.69) is 0 Å². The second kappa shape index (κ2) is 6.76. The van der Waals surface area contributed by atoms with Crippen LogP contribution in [0, 0.1) is 11.6 Å². The van der Waals surface area contributed by atoms with Gasteiger partial charge in [0.05, 0.1) is 5.69 Å². The first-order chi connectivity index (χ1) is 13.0. The molecule has 6 heteroatoms. The Morgan fingerprint density at radius 2 is 1.81 bits per heavy atom. The lowest BCUT2D eigenvalue weighted by atomic mass is 9.99. The van der Waals surface area contributed by atoms with Gasteiger partial charge in [-0.2, -0.15) is 0 Å². The van der Waals surface area contributed by atoms with E-state index in [1.165, 1.54) is 11.0 Å². The number of fused-ring (bicyclic) bond motifs is 2. The Morgan fingerprint density at radius 1 is 1.00 bits per heavy atom. The van der Waals surface area contributed by atoms with Crippen LogP contribution in [0.4, 0.5) is 20.2 Å². The molecule has 4 nitrogen and oxygen atoms in total. The van der Waals surface area contributed by atoms with Gasteiger partial charge in [0.25, 0.3) is 5.91 Å². The lowest BCUT2D eigenvalue weighted by molar-refractivity contribution is -0.118. The van der Waals surface area contributed by atoms with Crippen LogP contribution in [0.2, 0.25) is 0 Å². The van der Waals surface area contributed by atoms with Crippen LogP contribution in [-0.2, 0) is 17.6 Å².